The van der Waals surface area contributed by atoms with Gasteiger partial charge < -0.3 is 10.6 Å². The van der Waals surface area contributed by atoms with Gasteiger partial charge in [0, 0.05) is 36.2 Å². The van der Waals surface area contributed by atoms with E-state index in [0.29, 0.717) is 6.42 Å². The fraction of sp³-hybridized carbons (Fsp3) is 0.562. The largest absolute Gasteiger partial charge is 0.343 e. The first-order valence-electron chi connectivity index (χ1n) is 7.29. The fourth-order valence-electron chi connectivity index (χ4n) is 2.37. The van der Waals surface area contributed by atoms with Crippen molar-refractivity contribution < 1.29 is 4.79 Å². The molecule has 0 saturated carbocycles. The van der Waals surface area contributed by atoms with Gasteiger partial charge in [0.15, 0.2) is 0 Å². The van der Waals surface area contributed by atoms with Crippen molar-refractivity contribution in [1.82, 2.24) is 4.90 Å². The third-order valence-corrected chi connectivity index (χ3v) is 4.95. The van der Waals surface area contributed by atoms with Crippen LogP contribution in [0.3, 0.4) is 0 Å². The molecule has 1 aromatic rings. The standard InChI is InChI=1S/C16H24N2OS.ClH/c1-12-3-4-15(11-13(12)2)20-10-7-16(19)18-8-5-14(17)6-9-18;/h3-4,11,14H,5-10,17H2,1-2H3;1H. The molecule has 0 bridgehead atoms. The number of halogens is 1. The van der Waals surface area contributed by atoms with Crippen molar-refractivity contribution in [3.63, 3.8) is 0 Å². The molecule has 0 aromatic heterocycles. The quantitative estimate of drug-likeness (QED) is 0.864. The summed E-state index contributed by atoms with van der Waals surface area (Å²) in [7, 11) is 0. The van der Waals surface area contributed by atoms with Crippen molar-refractivity contribution in [3.05, 3.63) is 29.3 Å². The van der Waals surface area contributed by atoms with Gasteiger partial charge in [-0.05, 0) is 49.9 Å². The number of hydrogen-bond donors (Lipinski definition) is 1. The van der Waals surface area contributed by atoms with Gasteiger partial charge in [-0.1, -0.05) is 6.07 Å². The number of hydrogen-bond acceptors (Lipinski definition) is 3. The lowest BCUT2D eigenvalue weighted by molar-refractivity contribution is -0.131. The Morgan fingerprint density at radius 2 is 1.95 bits per heavy atom. The minimum Gasteiger partial charge on any atom is -0.343 e. The Morgan fingerprint density at radius 3 is 2.57 bits per heavy atom. The van der Waals surface area contributed by atoms with Crippen molar-refractivity contribution in [2.75, 3.05) is 18.8 Å². The molecular formula is C16H25ClN2OS. The van der Waals surface area contributed by atoms with E-state index in [0.717, 1.165) is 31.7 Å². The fourth-order valence-corrected chi connectivity index (χ4v) is 3.30. The van der Waals surface area contributed by atoms with Crippen molar-refractivity contribution in [2.24, 2.45) is 5.73 Å². The molecule has 1 aliphatic rings. The molecule has 1 aliphatic heterocycles. The van der Waals surface area contributed by atoms with E-state index in [1.54, 1.807) is 11.8 Å². The summed E-state index contributed by atoms with van der Waals surface area (Å²) in [5.74, 6) is 1.12. The summed E-state index contributed by atoms with van der Waals surface area (Å²) >= 11 is 1.76. The topological polar surface area (TPSA) is 46.3 Å². The molecule has 1 aromatic carbocycles. The van der Waals surface area contributed by atoms with Crippen LogP contribution in [0, 0.1) is 13.8 Å². The zero-order valence-corrected chi connectivity index (χ0v) is 14.4. The van der Waals surface area contributed by atoms with Crippen molar-refractivity contribution in [3.8, 4) is 0 Å². The van der Waals surface area contributed by atoms with Crippen LogP contribution >= 0.6 is 24.2 Å². The molecule has 1 heterocycles. The van der Waals surface area contributed by atoms with Crippen molar-refractivity contribution >= 4 is 30.1 Å². The average molecular weight is 329 g/mol. The van der Waals surface area contributed by atoms with Gasteiger partial charge in [-0.25, -0.2) is 0 Å². The third kappa shape index (κ3) is 5.53. The van der Waals surface area contributed by atoms with Gasteiger partial charge in [0.25, 0.3) is 0 Å². The van der Waals surface area contributed by atoms with Crippen LogP contribution in [-0.2, 0) is 4.79 Å². The molecule has 1 saturated heterocycles. The van der Waals surface area contributed by atoms with Gasteiger partial charge in [-0.15, -0.1) is 24.2 Å². The molecule has 118 valence electrons. The van der Waals surface area contributed by atoms with Crippen LogP contribution in [0.15, 0.2) is 23.1 Å². The second-order valence-corrected chi connectivity index (χ2v) is 6.73. The number of thioether (sulfide) groups is 1. The first kappa shape index (κ1) is 18.3. The van der Waals surface area contributed by atoms with E-state index < -0.39 is 0 Å². The molecule has 0 spiro atoms. The van der Waals surface area contributed by atoms with Crippen molar-refractivity contribution in [2.45, 2.75) is 44.0 Å². The summed E-state index contributed by atoms with van der Waals surface area (Å²) in [6.07, 6.45) is 2.50. The molecular weight excluding hydrogens is 304 g/mol. The molecule has 3 nitrogen and oxygen atoms in total. The zero-order valence-electron chi connectivity index (χ0n) is 12.8. The number of nitrogens with zero attached hydrogens (tertiary/aromatic N) is 1. The van der Waals surface area contributed by atoms with Crippen LogP contribution in [-0.4, -0.2) is 35.7 Å². The van der Waals surface area contributed by atoms with E-state index in [4.69, 9.17) is 5.73 Å². The smallest absolute Gasteiger partial charge is 0.223 e. The predicted molar refractivity (Wildman–Crippen MR) is 92.3 cm³/mol. The second kappa shape index (κ2) is 8.66. The molecule has 2 rings (SSSR count). The lowest BCUT2D eigenvalue weighted by atomic mass is 10.1. The molecule has 2 N–H and O–H groups in total. The van der Waals surface area contributed by atoms with Gasteiger partial charge in [0.1, 0.15) is 0 Å². The number of carbonyl (C=O) groups is 1. The number of likely N-dealkylation sites (tertiary alicyclic amines) is 1. The molecule has 21 heavy (non-hydrogen) atoms. The van der Waals surface area contributed by atoms with Gasteiger partial charge in [0.2, 0.25) is 5.91 Å². The molecule has 1 fully saturated rings. The van der Waals surface area contributed by atoms with Crippen LogP contribution in [0.1, 0.15) is 30.4 Å². The lowest BCUT2D eigenvalue weighted by Gasteiger charge is -2.30. The van der Waals surface area contributed by atoms with Crippen LogP contribution < -0.4 is 5.73 Å². The Kier molecular flexibility index (Phi) is 7.57. The highest BCUT2D eigenvalue weighted by Gasteiger charge is 2.19. The van der Waals surface area contributed by atoms with Crippen LogP contribution in [0.25, 0.3) is 0 Å². The van der Waals surface area contributed by atoms with Crippen LogP contribution in [0.5, 0.6) is 0 Å². The zero-order chi connectivity index (χ0) is 14.5. The Morgan fingerprint density at radius 1 is 1.29 bits per heavy atom. The van der Waals surface area contributed by atoms with Gasteiger partial charge in [-0.2, -0.15) is 0 Å². The maximum Gasteiger partial charge on any atom is 0.223 e. The second-order valence-electron chi connectivity index (χ2n) is 5.56. The van der Waals surface area contributed by atoms with E-state index >= 15 is 0 Å². The summed E-state index contributed by atoms with van der Waals surface area (Å²) in [5, 5.41) is 0. The Bertz CT molecular complexity index is 473. The number of amides is 1. The first-order valence-corrected chi connectivity index (χ1v) is 8.28. The van der Waals surface area contributed by atoms with Gasteiger partial charge in [-0.3, -0.25) is 4.79 Å². The molecule has 0 atom stereocenters. The highest BCUT2D eigenvalue weighted by molar-refractivity contribution is 7.99. The van der Waals surface area contributed by atoms with Gasteiger partial charge in [0.05, 0.1) is 0 Å². The third-order valence-electron chi connectivity index (χ3n) is 3.96. The number of aryl methyl sites for hydroxylation is 2. The normalized spacial score (nSPS) is 15.7. The van der Waals surface area contributed by atoms with E-state index in [2.05, 4.69) is 32.0 Å². The maximum absolute atomic E-state index is 12.1. The summed E-state index contributed by atoms with van der Waals surface area (Å²) in [6, 6.07) is 6.76. The van der Waals surface area contributed by atoms with Crippen molar-refractivity contribution in [1.29, 1.82) is 0 Å². The predicted octanol–water partition coefficient (Wildman–Crippen LogP) is 3.16. The number of nitrogens with two attached hydrogens (primary N) is 1. The van der Waals surface area contributed by atoms with E-state index in [9.17, 15) is 4.79 Å². The number of rotatable bonds is 4. The summed E-state index contributed by atoms with van der Waals surface area (Å²) in [5.41, 5.74) is 8.48. The monoisotopic (exact) mass is 328 g/mol. The minimum atomic E-state index is 0. The number of piperidine rings is 1. The molecule has 1 amide bonds. The minimum absolute atomic E-state index is 0. The molecule has 0 aliphatic carbocycles. The first-order chi connectivity index (χ1) is 9.56. The summed E-state index contributed by atoms with van der Waals surface area (Å²) in [6.45, 7) is 5.90. The Balaban J connectivity index is 0.00000220. The highest BCUT2D eigenvalue weighted by Crippen LogP contribution is 2.22. The average Bonchev–Trinajstić information content (AvgIpc) is 2.43. The van der Waals surface area contributed by atoms with Crippen LogP contribution in [0.2, 0.25) is 0 Å². The highest BCUT2D eigenvalue weighted by atomic mass is 35.5. The summed E-state index contributed by atoms with van der Waals surface area (Å²) in [4.78, 5) is 15.3. The van der Waals surface area contributed by atoms with E-state index in [1.165, 1.54) is 16.0 Å². The van der Waals surface area contributed by atoms with E-state index in [-0.39, 0.29) is 24.4 Å². The summed E-state index contributed by atoms with van der Waals surface area (Å²) < 4.78 is 0. The lowest BCUT2D eigenvalue weighted by Crippen LogP contribution is -2.42. The Hall–Kier alpha value is -0.710. The molecule has 0 unspecified atom stereocenters. The molecule has 0 radical (unpaired) electrons. The molecule has 5 heteroatoms. The number of benzene rings is 1. The SMILES string of the molecule is Cc1ccc(SCCC(=O)N2CCC(N)CC2)cc1C.Cl. The Labute approximate surface area is 138 Å². The van der Waals surface area contributed by atoms with Crippen LogP contribution in [0.4, 0.5) is 0 Å². The number of carbonyl (C=O) groups excluding carboxylic acids is 1. The van der Waals surface area contributed by atoms with E-state index in [1.807, 2.05) is 4.90 Å². The maximum atomic E-state index is 12.1. The van der Waals surface area contributed by atoms with Gasteiger partial charge >= 0.3 is 0 Å².